The number of hydrogen-bond donors (Lipinski definition) is 1. The fourth-order valence-corrected chi connectivity index (χ4v) is 6.11. The van der Waals surface area contributed by atoms with Gasteiger partial charge in [-0.3, -0.25) is 14.0 Å². The minimum Gasteiger partial charge on any atom is -0.503 e. The first-order valence-electron chi connectivity index (χ1n) is 12.3. The van der Waals surface area contributed by atoms with Gasteiger partial charge in [0.25, 0.3) is 5.91 Å². The Morgan fingerprint density at radius 1 is 1.17 bits per heavy atom. The summed E-state index contributed by atoms with van der Waals surface area (Å²) in [6.45, 7) is 11.0. The summed E-state index contributed by atoms with van der Waals surface area (Å²) in [5.41, 5.74) is 2.56. The zero-order valence-corrected chi connectivity index (χ0v) is 21.8. The van der Waals surface area contributed by atoms with Gasteiger partial charge >= 0.3 is 0 Å². The number of thiazole rings is 1. The van der Waals surface area contributed by atoms with Crippen LogP contribution in [-0.4, -0.2) is 62.2 Å². The topological polar surface area (TPSA) is 91.3 Å². The number of carbonyl (C=O) groups is 2. The first-order valence-corrected chi connectivity index (χ1v) is 13.1. The molecule has 0 bridgehead atoms. The first-order chi connectivity index (χ1) is 17.3. The van der Waals surface area contributed by atoms with Crippen LogP contribution < -0.4 is 0 Å². The summed E-state index contributed by atoms with van der Waals surface area (Å²) in [5.74, 6) is -0.265. The molecule has 0 radical (unpaired) electrons. The molecule has 1 N–H and O–H groups in total. The van der Waals surface area contributed by atoms with Crippen molar-refractivity contribution in [3.05, 3.63) is 69.8 Å². The lowest BCUT2D eigenvalue weighted by molar-refractivity contribution is -0.129. The zero-order valence-electron chi connectivity index (χ0n) is 20.9. The molecule has 0 saturated heterocycles. The number of Topliss-reactive ketones (excluding diaryl/α,β-unsaturated/α-hetero) is 1. The van der Waals surface area contributed by atoms with Gasteiger partial charge in [-0.2, -0.15) is 0 Å². The summed E-state index contributed by atoms with van der Waals surface area (Å²) in [6, 6.07) is 10.6. The number of furan rings is 1. The first kappa shape index (κ1) is 24.3. The highest BCUT2D eigenvalue weighted by atomic mass is 32.1. The van der Waals surface area contributed by atoms with Crippen LogP contribution in [0.1, 0.15) is 53.2 Å². The molecule has 4 aromatic rings. The fraction of sp³-hybridized carbons (Fsp3) is 0.370. The Hall–Kier alpha value is -3.43. The Labute approximate surface area is 213 Å². The Morgan fingerprint density at radius 3 is 2.61 bits per heavy atom. The van der Waals surface area contributed by atoms with Gasteiger partial charge in [-0.25, -0.2) is 4.98 Å². The molecule has 1 aromatic carbocycles. The number of benzene rings is 1. The average Bonchev–Trinajstić information content (AvgIpc) is 3.60. The van der Waals surface area contributed by atoms with E-state index in [0.717, 1.165) is 42.8 Å². The number of carbonyl (C=O) groups excluding carboxylic acids is 2. The van der Waals surface area contributed by atoms with Crippen molar-refractivity contribution in [2.75, 3.05) is 26.2 Å². The van der Waals surface area contributed by atoms with Crippen molar-refractivity contribution >= 4 is 39.0 Å². The van der Waals surface area contributed by atoms with Crippen molar-refractivity contribution in [3.63, 3.8) is 0 Å². The maximum Gasteiger partial charge on any atom is 0.290 e. The van der Waals surface area contributed by atoms with E-state index in [-0.39, 0.29) is 11.4 Å². The summed E-state index contributed by atoms with van der Waals surface area (Å²) >= 11 is 1.27. The maximum absolute atomic E-state index is 14.0. The standard InChI is InChI=1S/C27H30N4O4S/c1-5-29(6-2)14-9-15-30-22(20-13-12-16(3)35-20)21(24(33)26(30)34)23(32)25-17(4)31-19-11-8-7-10-18(19)28-27(31)36-25/h7-8,10-13,22,33H,5-6,9,14-15H2,1-4H3. The van der Waals surface area contributed by atoms with Crippen LogP contribution in [0.25, 0.3) is 16.0 Å². The second-order valence-corrected chi connectivity index (χ2v) is 10.0. The smallest absolute Gasteiger partial charge is 0.290 e. The molecular formula is C27H30N4O4S. The monoisotopic (exact) mass is 506 g/mol. The van der Waals surface area contributed by atoms with Crippen molar-refractivity contribution in [1.82, 2.24) is 19.2 Å². The average molecular weight is 507 g/mol. The van der Waals surface area contributed by atoms with E-state index in [4.69, 9.17) is 4.42 Å². The number of ketones is 1. The molecule has 5 rings (SSSR count). The van der Waals surface area contributed by atoms with Crippen LogP contribution >= 0.6 is 11.3 Å². The number of aliphatic hydroxyl groups is 1. The fourth-order valence-electron chi connectivity index (χ4n) is 5.01. The van der Waals surface area contributed by atoms with E-state index >= 15 is 0 Å². The Balaban J connectivity index is 1.53. The third-order valence-electron chi connectivity index (χ3n) is 6.94. The van der Waals surface area contributed by atoms with Gasteiger partial charge in [0, 0.05) is 12.2 Å². The van der Waals surface area contributed by atoms with Gasteiger partial charge in [0.15, 0.2) is 10.7 Å². The second kappa shape index (κ2) is 9.55. The number of nitrogens with zero attached hydrogens (tertiary/aromatic N) is 4. The van der Waals surface area contributed by atoms with E-state index in [9.17, 15) is 14.7 Å². The Bertz CT molecular complexity index is 1490. The SMILES string of the molecule is CCN(CC)CCCN1C(=O)C(O)=C(C(=O)c2sc3nc4ccccc4n3c2C)C1c1ccc(C)o1. The molecule has 9 heteroatoms. The van der Waals surface area contributed by atoms with Crippen LogP contribution in [0.4, 0.5) is 0 Å². The summed E-state index contributed by atoms with van der Waals surface area (Å²) in [4.78, 5) is 36.8. The number of rotatable bonds is 9. The molecule has 188 valence electrons. The van der Waals surface area contributed by atoms with Crippen molar-refractivity contribution < 1.29 is 19.1 Å². The number of aliphatic hydroxyl groups excluding tert-OH is 1. The normalized spacial score (nSPS) is 16.4. The minimum atomic E-state index is -0.777. The van der Waals surface area contributed by atoms with Gasteiger partial charge in [0.1, 0.15) is 17.6 Å². The van der Waals surface area contributed by atoms with E-state index in [1.165, 1.54) is 11.3 Å². The molecule has 0 aliphatic carbocycles. The molecule has 1 amide bonds. The number of amides is 1. The maximum atomic E-state index is 14.0. The quantitative estimate of drug-likeness (QED) is 0.319. The van der Waals surface area contributed by atoms with Gasteiger partial charge < -0.3 is 19.3 Å². The predicted molar refractivity (Wildman–Crippen MR) is 140 cm³/mol. The lowest BCUT2D eigenvalue weighted by Gasteiger charge is -2.26. The third kappa shape index (κ3) is 3.92. The zero-order chi connectivity index (χ0) is 25.6. The number of aryl methyl sites for hydroxylation is 2. The van der Waals surface area contributed by atoms with E-state index in [0.29, 0.717) is 27.9 Å². The Kier molecular flexibility index (Phi) is 6.44. The molecule has 4 heterocycles. The number of fused-ring (bicyclic) bond motifs is 3. The Morgan fingerprint density at radius 2 is 1.92 bits per heavy atom. The lowest BCUT2D eigenvalue weighted by Crippen LogP contribution is -2.34. The van der Waals surface area contributed by atoms with E-state index < -0.39 is 17.7 Å². The van der Waals surface area contributed by atoms with Crippen LogP contribution in [0.2, 0.25) is 0 Å². The number of imidazole rings is 1. The summed E-state index contributed by atoms with van der Waals surface area (Å²) < 4.78 is 7.85. The molecule has 8 nitrogen and oxygen atoms in total. The molecule has 36 heavy (non-hydrogen) atoms. The molecule has 1 unspecified atom stereocenters. The molecular weight excluding hydrogens is 476 g/mol. The van der Waals surface area contributed by atoms with E-state index in [1.807, 2.05) is 48.6 Å². The molecule has 3 aromatic heterocycles. The molecule has 0 spiro atoms. The second-order valence-electron chi connectivity index (χ2n) is 9.06. The van der Waals surface area contributed by atoms with Gasteiger partial charge in [-0.15, -0.1) is 0 Å². The minimum absolute atomic E-state index is 0.0640. The van der Waals surface area contributed by atoms with Crippen LogP contribution in [0.15, 0.2) is 52.1 Å². The predicted octanol–water partition coefficient (Wildman–Crippen LogP) is 5.07. The van der Waals surface area contributed by atoms with Crippen molar-refractivity contribution in [1.29, 1.82) is 0 Å². The highest BCUT2D eigenvalue weighted by Crippen LogP contribution is 2.41. The molecule has 1 aliphatic heterocycles. The van der Waals surface area contributed by atoms with Crippen molar-refractivity contribution in [3.8, 4) is 0 Å². The van der Waals surface area contributed by atoms with Crippen molar-refractivity contribution in [2.24, 2.45) is 0 Å². The lowest BCUT2D eigenvalue weighted by atomic mass is 9.99. The van der Waals surface area contributed by atoms with Crippen LogP contribution in [0.3, 0.4) is 0 Å². The number of aromatic nitrogens is 2. The molecule has 0 fully saturated rings. The van der Waals surface area contributed by atoms with E-state index in [2.05, 4.69) is 23.7 Å². The van der Waals surface area contributed by atoms with Crippen LogP contribution in [0.5, 0.6) is 0 Å². The van der Waals surface area contributed by atoms with Crippen molar-refractivity contribution in [2.45, 2.75) is 40.2 Å². The van der Waals surface area contributed by atoms with Gasteiger partial charge in [-0.1, -0.05) is 37.3 Å². The molecule has 0 saturated carbocycles. The summed E-state index contributed by atoms with van der Waals surface area (Å²) in [7, 11) is 0. The number of para-hydroxylation sites is 2. The van der Waals surface area contributed by atoms with E-state index in [1.54, 1.807) is 11.0 Å². The summed E-state index contributed by atoms with van der Waals surface area (Å²) in [6.07, 6.45) is 0.718. The molecule has 1 atom stereocenters. The largest absolute Gasteiger partial charge is 0.503 e. The molecule has 1 aliphatic rings. The van der Waals surface area contributed by atoms with Gasteiger partial charge in [0.2, 0.25) is 5.78 Å². The van der Waals surface area contributed by atoms with Gasteiger partial charge in [0.05, 0.1) is 21.5 Å². The highest BCUT2D eigenvalue weighted by Gasteiger charge is 2.45. The highest BCUT2D eigenvalue weighted by molar-refractivity contribution is 7.19. The van der Waals surface area contributed by atoms with Gasteiger partial charge in [-0.05, 0) is 64.2 Å². The number of hydrogen-bond acceptors (Lipinski definition) is 7. The summed E-state index contributed by atoms with van der Waals surface area (Å²) in [5, 5.41) is 11.0. The van der Waals surface area contributed by atoms with Crippen LogP contribution in [0, 0.1) is 13.8 Å². The van der Waals surface area contributed by atoms with Crippen LogP contribution in [-0.2, 0) is 4.79 Å². The third-order valence-corrected chi connectivity index (χ3v) is 8.08.